The Morgan fingerprint density at radius 3 is 3.10 bits per heavy atom. The first-order valence-electron chi connectivity index (χ1n) is 3.02. The van der Waals surface area contributed by atoms with Crippen molar-refractivity contribution in [2.75, 3.05) is 0 Å². The van der Waals surface area contributed by atoms with Gasteiger partial charge in [0.1, 0.15) is 0 Å². The maximum absolute atomic E-state index is 3.92. The van der Waals surface area contributed by atoms with Crippen LogP contribution < -0.4 is 0 Å². The van der Waals surface area contributed by atoms with E-state index >= 15 is 0 Å². The van der Waals surface area contributed by atoms with E-state index in [2.05, 4.69) is 16.3 Å². The zero-order valence-corrected chi connectivity index (χ0v) is 5.57. The Morgan fingerprint density at radius 2 is 2.20 bits per heavy atom. The van der Waals surface area contributed by atoms with Gasteiger partial charge in [0.15, 0.2) is 0 Å². The predicted octanol–water partition coefficient (Wildman–Crippen LogP) is 0.720. The smallest absolute Gasteiger partial charge is 0.0206 e. The molecule has 2 aliphatic rings. The van der Waals surface area contributed by atoms with Gasteiger partial charge in [-0.2, -0.15) is 0 Å². The summed E-state index contributed by atoms with van der Waals surface area (Å²) in [6, 6.07) is 1.92. The largest absolute Gasteiger partial charge is 0.376 e. The van der Waals surface area contributed by atoms with Crippen molar-refractivity contribution in [3.05, 3.63) is 24.8 Å². The van der Waals surface area contributed by atoms with E-state index in [9.17, 15) is 0 Å². The SMILES string of the molecule is Cn1ccc2n[c-]nc-2c1. The third-order valence-corrected chi connectivity index (χ3v) is 1.40. The van der Waals surface area contributed by atoms with Crippen LogP contribution in [0.15, 0.2) is 18.5 Å². The standard InChI is InChI=1S/C7H6N3/c1-10-3-2-6-7(4-10)9-5-8-6/h2-4H,1H3/q-1. The van der Waals surface area contributed by atoms with E-state index < -0.39 is 0 Å². The monoisotopic (exact) mass is 132 g/mol. The van der Waals surface area contributed by atoms with Gasteiger partial charge in [0.25, 0.3) is 0 Å². The highest BCUT2D eigenvalue weighted by Gasteiger charge is 1.90. The Balaban J connectivity index is 2.75. The van der Waals surface area contributed by atoms with E-state index in [1.165, 1.54) is 0 Å². The maximum Gasteiger partial charge on any atom is 0.0206 e. The number of aromatic nitrogens is 3. The summed E-state index contributed by atoms with van der Waals surface area (Å²) in [5, 5.41) is 0. The van der Waals surface area contributed by atoms with E-state index in [0.29, 0.717) is 0 Å². The molecule has 0 bridgehead atoms. The summed E-state index contributed by atoms with van der Waals surface area (Å²) < 4.78 is 1.94. The lowest BCUT2D eigenvalue weighted by Gasteiger charge is -2.06. The van der Waals surface area contributed by atoms with Crippen LogP contribution in [0, 0.1) is 6.33 Å². The highest BCUT2D eigenvalue weighted by molar-refractivity contribution is 5.53. The second kappa shape index (κ2) is 1.80. The van der Waals surface area contributed by atoms with Crippen LogP contribution in [0.4, 0.5) is 0 Å². The molecule has 0 amide bonds. The van der Waals surface area contributed by atoms with Crippen LogP contribution in [0.25, 0.3) is 11.4 Å². The molecule has 0 fully saturated rings. The Kier molecular flexibility index (Phi) is 0.974. The molecule has 0 saturated heterocycles. The average Bonchev–Trinajstić information content (AvgIpc) is 2.33. The van der Waals surface area contributed by atoms with Gasteiger partial charge >= 0.3 is 0 Å². The molecule has 0 spiro atoms. The molecule has 0 N–H and O–H groups in total. The Labute approximate surface area is 58.7 Å². The highest BCUT2D eigenvalue weighted by atomic mass is 15.0. The van der Waals surface area contributed by atoms with Gasteiger partial charge in [-0.05, 0) is 12.4 Å². The molecule has 0 aromatic rings. The molecule has 0 radical (unpaired) electrons. The Bertz CT molecular complexity index is 313. The van der Waals surface area contributed by atoms with E-state index in [1.807, 2.05) is 30.1 Å². The van der Waals surface area contributed by atoms with Gasteiger partial charge in [0, 0.05) is 13.4 Å². The quantitative estimate of drug-likeness (QED) is 0.494. The Morgan fingerprint density at radius 1 is 1.40 bits per heavy atom. The van der Waals surface area contributed by atoms with Crippen molar-refractivity contribution >= 4 is 0 Å². The van der Waals surface area contributed by atoms with Crippen LogP contribution in [0.3, 0.4) is 0 Å². The minimum absolute atomic E-state index is 0.894. The molecule has 0 atom stereocenters. The fourth-order valence-electron chi connectivity index (χ4n) is 0.889. The van der Waals surface area contributed by atoms with E-state index in [4.69, 9.17) is 0 Å². The van der Waals surface area contributed by atoms with Crippen molar-refractivity contribution in [2.45, 2.75) is 0 Å². The summed E-state index contributed by atoms with van der Waals surface area (Å²) in [6.45, 7) is 0. The van der Waals surface area contributed by atoms with E-state index in [0.717, 1.165) is 11.4 Å². The first-order chi connectivity index (χ1) is 4.86. The molecule has 0 aromatic carbocycles. The normalized spacial score (nSPS) is 10.5. The van der Waals surface area contributed by atoms with Crippen molar-refractivity contribution in [1.29, 1.82) is 0 Å². The summed E-state index contributed by atoms with van der Waals surface area (Å²) in [4.78, 5) is 7.83. The molecule has 50 valence electrons. The zero-order chi connectivity index (χ0) is 6.97. The first-order valence-corrected chi connectivity index (χ1v) is 3.02. The fraction of sp³-hybridized carbons (Fsp3) is 0.143. The fourth-order valence-corrected chi connectivity index (χ4v) is 0.889. The summed E-state index contributed by atoms with van der Waals surface area (Å²) in [6.07, 6.45) is 6.40. The molecule has 3 heteroatoms. The maximum atomic E-state index is 3.92. The lowest BCUT2D eigenvalue weighted by Crippen LogP contribution is -1.90. The predicted molar refractivity (Wildman–Crippen MR) is 36.5 cm³/mol. The van der Waals surface area contributed by atoms with Crippen LogP contribution in [0.2, 0.25) is 0 Å². The van der Waals surface area contributed by atoms with E-state index in [1.54, 1.807) is 0 Å². The van der Waals surface area contributed by atoms with Crippen molar-refractivity contribution in [3.8, 4) is 11.4 Å². The number of fused-ring (bicyclic) bond motifs is 1. The van der Waals surface area contributed by atoms with Crippen LogP contribution in [-0.4, -0.2) is 14.5 Å². The third kappa shape index (κ3) is 0.673. The molecule has 2 rings (SSSR count). The molecule has 3 nitrogen and oxygen atoms in total. The molecular formula is C7H6N3-. The molecule has 2 heterocycles. The second-order valence-corrected chi connectivity index (χ2v) is 2.20. The number of rotatable bonds is 0. The van der Waals surface area contributed by atoms with Gasteiger partial charge in [0.05, 0.1) is 0 Å². The zero-order valence-electron chi connectivity index (χ0n) is 5.57. The first kappa shape index (κ1) is 5.41. The summed E-state index contributed by atoms with van der Waals surface area (Å²) in [5.41, 5.74) is 1.79. The average molecular weight is 132 g/mol. The van der Waals surface area contributed by atoms with Crippen molar-refractivity contribution in [2.24, 2.45) is 7.05 Å². The van der Waals surface area contributed by atoms with Crippen LogP contribution in [-0.2, 0) is 7.05 Å². The van der Waals surface area contributed by atoms with Crippen LogP contribution in [0.1, 0.15) is 0 Å². The summed E-state index contributed by atoms with van der Waals surface area (Å²) in [5.74, 6) is 0. The number of nitrogens with zero attached hydrogens (tertiary/aromatic N) is 3. The molecule has 0 unspecified atom stereocenters. The van der Waals surface area contributed by atoms with Crippen LogP contribution >= 0.6 is 0 Å². The van der Waals surface area contributed by atoms with E-state index in [-0.39, 0.29) is 0 Å². The third-order valence-electron chi connectivity index (χ3n) is 1.40. The van der Waals surface area contributed by atoms with Crippen LogP contribution in [0.5, 0.6) is 0 Å². The summed E-state index contributed by atoms with van der Waals surface area (Å²) >= 11 is 0. The number of imidazole rings is 1. The van der Waals surface area contributed by atoms with Gasteiger partial charge in [-0.25, -0.2) is 0 Å². The minimum Gasteiger partial charge on any atom is -0.376 e. The minimum atomic E-state index is 0.894. The molecule has 0 saturated carbocycles. The molecule has 0 aliphatic carbocycles. The lowest BCUT2D eigenvalue weighted by atomic mass is 10.3. The topological polar surface area (TPSA) is 30.7 Å². The summed E-state index contributed by atoms with van der Waals surface area (Å²) in [7, 11) is 1.95. The van der Waals surface area contributed by atoms with Gasteiger partial charge in [0.2, 0.25) is 0 Å². The van der Waals surface area contributed by atoms with Crippen molar-refractivity contribution in [3.63, 3.8) is 0 Å². The number of hydrogen-bond donors (Lipinski definition) is 0. The molecule has 2 aliphatic heterocycles. The number of hydrogen-bond acceptors (Lipinski definition) is 2. The van der Waals surface area contributed by atoms with Crippen molar-refractivity contribution < 1.29 is 0 Å². The second-order valence-electron chi connectivity index (χ2n) is 2.20. The molecule has 0 aromatic heterocycles. The van der Waals surface area contributed by atoms with Gasteiger partial charge in [-0.3, -0.25) is 0 Å². The molecule has 10 heavy (non-hydrogen) atoms. The number of aryl methyl sites for hydroxylation is 1. The lowest BCUT2D eigenvalue weighted by molar-refractivity contribution is 0.901. The highest BCUT2D eigenvalue weighted by Crippen LogP contribution is 2.13. The molecular weight excluding hydrogens is 126 g/mol. The van der Waals surface area contributed by atoms with Gasteiger partial charge in [-0.1, -0.05) is 17.5 Å². The van der Waals surface area contributed by atoms with Gasteiger partial charge in [-0.15, -0.1) is 0 Å². The number of pyridine rings is 1. The Hall–Kier alpha value is -1.38. The van der Waals surface area contributed by atoms with Gasteiger partial charge < -0.3 is 14.5 Å². The van der Waals surface area contributed by atoms with Crippen molar-refractivity contribution in [1.82, 2.24) is 14.5 Å².